The SMILES string of the molecule is N[C@@H]1CCN(C(=O)c2ccc(F)cc2)C1. The number of nitrogens with two attached hydrogens (primary N) is 1. The summed E-state index contributed by atoms with van der Waals surface area (Å²) >= 11 is 0. The van der Waals surface area contributed by atoms with Crippen LogP contribution in [-0.2, 0) is 0 Å². The van der Waals surface area contributed by atoms with Crippen molar-refractivity contribution >= 4 is 5.91 Å². The number of halogens is 1. The van der Waals surface area contributed by atoms with Crippen molar-refractivity contribution in [2.45, 2.75) is 12.5 Å². The first-order chi connectivity index (χ1) is 7.16. The first kappa shape index (κ1) is 10.1. The molecular formula is C11H13FN2O. The van der Waals surface area contributed by atoms with Gasteiger partial charge in [-0.2, -0.15) is 0 Å². The molecular weight excluding hydrogens is 195 g/mol. The third-order valence-corrected chi connectivity index (χ3v) is 2.60. The van der Waals surface area contributed by atoms with Gasteiger partial charge in [0.2, 0.25) is 0 Å². The van der Waals surface area contributed by atoms with Crippen LogP contribution in [0.4, 0.5) is 4.39 Å². The predicted molar refractivity (Wildman–Crippen MR) is 54.9 cm³/mol. The van der Waals surface area contributed by atoms with Crippen LogP contribution >= 0.6 is 0 Å². The van der Waals surface area contributed by atoms with E-state index in [2.05, 4.69) is 0 Å². The van der Waals surface area contributed by atoms with Crippen molar-refractivity contribution in [2.24, 2.45) is 5.73 Å². The first-order valence-electron chi connectivity index (χ1n) is 4.97. The van der Waals surface area contributed by atoms with Crippen LogP contribution in [0.25, 0.3) is 0 Å². The van der Waals surface area contributed by atoms with Gasteiger partial charge in [0.05, 0.1) is 0 Å². The fourth-order valence-electron chi connectivity index (χ4n) is 1.75. The molecule has 15 heavy (non-hydrogen) atoms. The van der Waals surface area contributed by atoms with Crippen LogP contribution in [0.1, 0.15) is 16.8 Å². The maximum absolute atomic E-state index is 12.6. The van der Waals surface area contributed by atoms with Gasteiger partial charge in [-0.05, 0) is 30.7 Å². The molecule has 0 aliphatic carbocycles. The highest BCUT2D eigenvalue weighted by molar-refractivity contribution is 5.94. The largest absolute Gasteiger partial charge is 0.337 e. The lowest BCUT2D eigenvalue weighted by molar-refractivity contribution is 0.0791. The summed E-state index contributed by atoms with van der Waals surface area (Å²) < 4.78 is 12.6. The van der Waals surface area contributed by atoms with Crippen molar-refractivity contribution in [3.63, 3.8) is 0 Å². The summed E-state index contributed by atoms with van der Waals surface area (Å²) in [6, 6.07) is 5.67. The number of hydrogen-bond acceptors (Lipinski definition) is 2. The van der Waals surface area contributed by atoms with Gasteiger partial charge < -0.3 is 10.6 Å². The van der Waals surface area contributed by atoms with Crippen LogP contribution in [0.2, 0.25) is 0 Å². The quantitative estimate of drug-likeness (QED) is 0.748. The molecule has 0 saturated carbocycles. The number of carbonyl (C=O) groups excluding carboxylic acids is 1. The van der Waals surface area contributed by atoms with Crippen molar-refractivity contribution in [3.8, 4) is 0 Å². The van der Waals surface area contributed by atoms with Crippen LogP contribution in [0, 0.1) is 5.82 Å². The van der Waals surface area contributed by atoms with E-state index in [0.717, 1.165) is 6.42 Å². The Labute approximate surface area is 87.7 Å². The second kappa shape index (κ2) is 3.98. The van der Waals surface area contributed by atoms with Gasteiger partial charge in [0.25, 0.3) is 5.91 Å². The smallest absolute Gasteiger partial charge is 0.253 e. The fourth-order valence-corrected chi connectivity index (χ4v) is 1.75. The van der Waals surface area contributed by atoms with Crippen molar-refractivity contribution in [1.29, 1.82) is 0 Å². The number of rotatable bonds is 1. The van der Waals surface area contributed by atoms with Gasteiger partial charge >= 0.3 is 0 Å². The van der Waals surface area contributed by atoms with E-state index in [1.54, 1.807) is 4.90 Å². The van der Waals surface area contributed by atoms with Gasteiger partial charge in [-0.25, -0.2) is 4.39 Å². The highest BCUT2D eigenvalue weighted by atomic mass is 19.1. The molecule has 1 aromatic carbocycles. The highest BCUT2D eigenvalue weighted by Crippen LogP contribution is 2.12. The number of hydrogen-bond donors (Lipinski definition) is 1. The molecule has 1 aromatic rings. The summed E-state index contributed by atoms with van der Waals surface area (Å²) in [6.07, 6.45) is 0.840. The minimum Gasteiger partial charge on any atom is -0.337 e. The Kier molecular flexibility index (Phi) is 2.68. The summed E-state index contributed by atoms with van der Waals surface area (Å²) in [6.45, 7) is 1.29. The normalized spacial score (nSPS) is 20.7. The third-order valence-electron chi connectivity index (χ3n) is 2.60. The summed E-state index contributed by atoms with van der Waals surface area (Å²) in [5.41, 5.74) is 6.23. The standard InChI is InChI=1S/C11H13FN2O/c12-9-3-1-8(2-4-9)11(15)14-6-5-10(13)7-14/h1-4,10H,5-7,13H2/t10-/m1/s1. The first-order valence-corrected chi connectivity index (χ1v) is 4.97. The minimum absolute atomic E-state index is 0.0667. The van der Waals surface area contributed by atoms with E-state index in [4.69, 9.17) is 5.73 Å². The molecule has 1 fully saturated rings. The monoisotopic (exact) mass is 208 g/mol. The van der Waals surface area contributed by atoms with E-state index in [1.807, 2.05) is 0 Å². The van der Waals surface area contributed by atoms with E-state index in [-0.39, 0.29) is 17.8 Å². The van der Waals surface area contributed by atoms with E-state index < -0.39 is 0 Å². The van der Waals surface area contributed by atoms with E-state index in [0.29, 0.717) is 18.7 Å². The topological polar surface area (TPSA) is 46.3 Å². The van der Waals surface area contributed by atoms with Crippen molar-refractivity contribution < 1.29 is 9.18 Å². The average Bonchev–Trinajstić information content (AvgIpc) is 2.65. The summed E-state index contributed by atoms with van der Waals surface area (Å²) in [4.78, 5) is 13.6. The van der Waals surface area contributed by atoms with E-state index in [1.165, 1.54) is 24.3 Å². The molecule has 1 amide bonds. The molecule has 0 aromatic heterocycles. The third kappa shape index (κ3) is 2.15. The van der Waals surface area contributed by atoms with Crippen molar-refractivity contribution in [2.75, 3.05) is 13.1 Å². The van der Waals surface area contributed by atoms with E-state index >= 15 is 0 Å². The Morgan fingerprint density at radius 3 is 2.60 bits per heavy atom. The molecule has 2 N–H and O–H groups in total. The predicted octanol–water partition coefficient (Wildman–Crippen LogP) is 0.999. The van der Waals surface area contributed by atoms with Crippen LogP contribution in [0.3, 0.4) is 0 Å². The number of carbonyl (C=O) groups is 1. The van der Waals surface area contributed by atoms with Gasteiger partial charge in [0.1, 0.15) is 5.82 Å². The van der Waals surface area contributed by atoms with Gasteiger partial charge in [0.15, 0.2) is 0 Å². The molecule has 4 heteroatoms. The zero-order chi connectivity index (χ0) is 10.8. The Morgan fingerprint density at radius 1 is 1.40 bits per heavy atom. The van der Waals surface area contributed by atoms with Crippen molar-refractivity contribution in [1.82, 2.24) is 4.90 Å². The highest BCUT2D eigenvalue weighted by Gasteiger charge is 2.24. The second-order valence-corrected chi connectivity index (χ2v) is 3.81. The maximum Gasteiger partial charge on any atom is 0.253 e. The zero-order valence-corrected chi connectivity index (χ0v) is 8.32. The number of benzene rings is 1. The lowest BCUT2D eigenvalue weighted by Gasteiger charge is -2.15. The molecule has 0 bridgehead atoms. The van der Waals surface area contributed by atoms with Crippen LogP contribution in [0.15, 0.2) is 24.3 Å². The summed E-state index contributed by atoms with van der Waals surface area (Å²) in [5.74, 6) is -0.396. The van der Waals surface area contributed by atoms with Gasteiger partial charge in [-0.1, -0.05) is 0 Å². The van der Waals surface area contributed by atoms with Gasteiger partial charge in [-0.3, -0.25) is 4.79 Å². The lowest BCUT2D eigenvalue weighted by Crippen LogP contribution is -2.31. The second-order valence-electron chi connectivity index (χ2n) is 3.81. The Hall–Kier alpha value is -1.42. The molecule has 1 aliphatic rings. The lowest BCUT2D eigenvalue weighted by atomic mass is 10.2. The molecule has 1 saturated heterocycles. The molecule has 1 aliphatic heterocycles. The van der Waals surface area contributed by atoms with Crippen molar-refractivity contribution in [3.05, 3.63) is 35.6 Å². The average molecular weight is 208 g/mol. The fraction of sp³-hybridized carbons (Fsp3) is 0.364. The number of amides is 1. The van der Waals surface area contributed by atoms with Crippen LogP contribution in [0.5, 0.6) is 0 Å². The Morgan fingerprint density at radius 2 is 2.07 bits per heavy atom. The number of nitrogens with zero attached hydrogens (tertiary/aromatic N) is 1. The zero-order valence-electron chi connectivity index (χ0n) is 8.32. The minimum atomic E-state index is -0.329. The van der Waals surface area contributed by atoms with Crippen LogP contribution in [-0.4, -0.2) is 29.9 Å². The molecule has 2 rings (SSSR count). The number of likely N-dealkylation sites (tertiary alicyclic amines) is 1. The summed E-state index contributed by atoms with van der Waals surface area (Å²) in [7, 11) is 0. The van der Waals surface area contributed by atoms with Gasteiger partial charge in [-0.15, -0.1) is 0 Å². The maximum atomic E-state index is 12.6. The molecule has 80 valence electrons. The molecule has 1 atom stereocenters. The Bertz CT molecular complexity index is 363. The van der Waals surface area contributed by atoms with Crippen LogP contribution < -0.4 is 5.73 Å². The van der Waals surface area contributed by atoms with E-state index in [9.17, 15) is 9.18 Å². The summed E-state index contributed by atoms with van der Waals surface area (Å²) in [5, 5.41) is 0. The molecule has 0 unspecified atom stereocenters. The van der Waals surface area contributed by atoms with Gasteiger partial charge in [0, 0.05) is 24.7 Å². The molecule has 0 radical (unpaired) electrons. The molecule has 1 heterocycles. The molecule has 0 spiro atoms. The molecule has 3 nitrogen and oxygen atoms in total. The Balaban J connectivity index is 2.11.